The zero-order valence-corrected chi connectivity index (χ0v) is 17.5. The van der Waals surface area contributed by atoms with E-state index in [1.165, 1.54) is 6.08 Å². The Morgan fingerprint density at radius 1 is 1.06 bits per heavy atom. The molecule has 7 heteroatoms. The van der Waals surface area contributed by atoms with E-state index >= 15 is 0 Å². The number of carbonyl (C=O) groups is 1. The van der Waals surface area contributed by atoms with Crippen LogP contribution < -0.4 is 16.4 Å². The lowest BCUT2D eigenvalue weighted by Crippen LogP contribution is -2.09. The van der Waals surface area contributed by atoms with Crippen LogP contribution in [-0.2, 0) is 11.3 Å². The van der Waals surface area contributed by atoms with Crippen LogP contribution in [0.1, 0.15) is 11.1 Å². The van der Waals surface area contributed by atoms with Gasteiger partial charge in [0, 0.05) is 31.2 Å². The summed E-state index contributed by atoms with van der Waals surface area (Å²) in [5, 5.41) is 6.99. The minimum absolute atomic E-state index is 0.229. The third-order valence-corrected chi connectivity index (χ3v) is 5.52. The fraction of sp³-hybridized carbons (Fsp3) is 0.0417. The second-order valence-corrected chi connectivity index (χ2v) is 7.80. The highest BCUT2D eigenvalue weighted by molar-refractivity contribution is 7.18. The normalized spacial score (nSPS) is 10.8. The molecule has 0 saturated carbocycles. The molecule has 0 bridgehead atoms. The summed E-state index contributed by atoms with van der Waals surface area (Å²) >= 11 is 1.60. The molecule has 0 aliphatic heterocycles. The van der Waals surface area contributed by atoms with E-state index < -0.39 is 0 Å². The first kappa shape index (κ1) is 20.3. The number of nitrogen functional groups attached to an aromatic ring is 1. The smallest absolute Gasteiger partial charge is 0.248 e. The maximum absolute atomic E-state index is 12.2. The molecule has 6 nitrogen and oxygen atoms in total. The maximum atomic E-state index is 12.2. The van der Waals surface area contributed by atoms with Gasteiger partial charge < -0.3 is 16.4 Å². The van der Waals surface area contributed by atoms with E-state index in [0.717, 1.165) is 26.7 Å². The molecule has 2 aromatic carbocycles. The minimum Gasteiger partial charge on any atom is -0.397 e. The van der Waals surface area contributed by atoms with Gasteiger partial charge in [-0.1, -0.05) is 41.7 Å². The molecule has 0 aliphatic carbocycles. The molecule has 0 atom stereocenters. The Balaban J connectivity index is 1.35. The first-order valence-corrected chi connectivity index (χ1v) is 10.5. The van der Waals surface area contributed by atoms with Gasteiger partial charge in [-0.2, -0.15) is 0 Å². The number of anilines is 3. The van der Waals surface area contributed by atoms with Gasteiger partial charge in [0.25, 0.3) is 0 Å². The Hall–Kier alpha value is -3.97. The molecule has 4 N–H and O–H groups in total. The summed E-state index contributed by atoms with van der Waals surface area (Å²) in [6.45, 7) is 0.637. The van der Waals surface area contributed by atoms with E-state index in [0.29, 0.717) is 17.9 Å². The molecule has 1 amide bonds. The lowest BCUT2D eigenvalue weighted by molar-refractivity contribution is -0.111. The predicted molar refractivity (Wildman–Crippen MR) is 128 cm³/mol. The van der Waals surface area contributed by atoms with Crippen LogP contribution in [0.2, 0.25) is 0 Å². The number of carbonyl (C=O) groups excluding carboxylic acids is 1. The van der Waals surface area contributed by atoms with Gasteiger partial charge in [0.15, 0.2) is 5.13 Å². The van der Waals surface area contributed by atoms with Crippen LogP contribution in [-0.4, -0.2) is 15.9 Å². The van der Waals surface area contributed by atoms with Crippen LogP contribution in [0.5, 0.6) is 0 Å². The summed E-state index contributed by atoms with van der Waals surface area (Å²) in [7, 11) is 0. The Bertz CT molecular complexity index is 1200. The van der Waals surface area contributed by atoms with Crippen LogP contribution in [0.4, 0.5) is 16.5 Å². The Labute approximate surface area is 184 Å². The van der Waals surface area contributed by atoms with Crippen LogP contribution in [0.15, 0.2) is 85.3 Å². The summed E-state index contributed by atoms with van der Waals surface area (Å²) in [4.78, 5) is 21.8. The number of hydrogen-bond donors (Lipinski definition) is 3. The second kappa shape index (κ2) is 9.69. The van der Waals surface area contributed by atoms with Crippen LogP contribution in [0, 0.1) is 0 Å². The van der Waals surface area contributed by atoms with E-state index in [9.17, 15) is 4.79 Å². The summed E-state index contributed by atoms with van der Waals surface area (Å²) in [6, 6.07) is 19.1. The zero-order chi connectivity index (χ0) is 21.5. The van der Waals surface area contributed by atoms with Gasteiger partial charge in [0.2, 0.25) is 5.91 Å². The summed E-state index contributed by atoms with van der Waals surface area (Å²) < 4.78 is 0. The summed E-state index contributed by atoms with van der Waals surface area (Å²) in [5.74, 6) is -0.229. The highest BCUT2D eigenvalue weighted by Crippen LogP contribution is 2.28. The molecule has 2 heterocycles. The first-order valence-electron chi connectivity index (χ1n) is 9.70. The molecular formula is C24H21N5OS. The number of aromatic nitrogens is 2. The Kier molecular flexibility index (Phi) is 6.35. The molecule has 0 saturated heterocycles. The van der Waals surface area contributed by atoms with Gasteiger partial charge in [0.05, 0.1) is 16.3 Å². The fourth-order valence-corrected chi connectivity index (χ4v) is 3.76. The quantitative estimate of drug-likeness (QED) is 0.283. The third kappa shape index (κ3) is 5.55. The molecule has 0 radical (unpaired) electrons. The lowest BCUT2D eigenvalue weighted by atomic mass is 10.1. The number of nitrogens with two attached hydrogens (primary N) is 1. The Morgan fingerprint density at radius 2 is 1.90 bits per heavy atom. The maximum Gasteiger partial charge on any atom is 0.248 e. The molecule has 4 rings (SSSR count). The number of rotatable bonds is 7. The molecule has 0 spiro atoms. The molecule has 154 valence electrons. The minimum atomic E-state index is -0.229. The first-order chi connectivity index (χ1) is 15.2. The van der Waals surface area contributed by atoms with Crippen molar-refractivity contribution in [3.63, 3.8) is 0 Å². The van der Waals surface area contributed by atoms with E-state index in [1.807, 2.05) is 54.7 Å². The number of hydrogen-bond acceptors (Lipinski definition) is 6. The Morgan fingerprint density at radius 3 is 2.74 bits per heavy atom. The zero-order valence-electron chi connectivity index (χ0n) is 16.7. The molecule has 0 unspecified atom stereocenters. The van der Waals surface area contributed by atoms with E-state index in [4.69, 9.17) is 5.73 Å². The molecule has 2 aromatic heterocycles. The van der Waals surface area contributed by atoms with Gasteiger partial charge >= 0.3 is 0 Å². The third-order valence-electron chi connectivity index (χ3n) is 4.51. The van der Waals surface area contributed by atoms with Crippen molar-refractivity contribution in [2.24, 2.45) is 0 Å². The second-order valence-electron chi connectivity index (χ2n) is 6.77. The van der Waals surface area contributed by atoms with Crippen molar-refractivity contribution in [2.75, 3.05) is 16.4 Å². The van der Waals surface area contributed by atoms with Crippen molar-refractivity contribution < 1.29 is 4.79 Å². The van der Waals surface area contributed by atoms with Crippen molar-refractivity contribution in [3.05, 3.63) is 96.5 Å². The van der Waals surface area contributed by atoms with Crippen LogP contribution in [0.25, 0.3) is 16.5 Å². The van der Waals surface area contributed by atoms with Crippen LogP contribution in [0.3, 0.4) is 0 Å². The molecule has 0 aliphatic rings. The van der Waals surface area contributed by atoms with Gasteiger partial charge in [0.1, 0.15) is 0 Å². The number of amides is 1. The standard InChI is InChI=1S/C24H21N5OS/c25-20-6-1-2-7-21(20)29-23(30)9-8-17-4-3-5-18(14-17)15-27-24-28-16-22(31-24)19-10-12-26-13-11-19/h1-14,16H,15,25H2,(H,27,28)(H,29,30)/b9-8+. The number of nitrogens with zero attached hydrogens (tertiary/aromatic N) is 2. The highest BCUT2D eigenvalue weighted by atomic mass is 32.1. The molecule has 4 aromatic rings. The fourth-order valence-electron chi connectivity index (χ4n) is 2.95. The van der Waals surface area contributed by atoms with Gasteiger partial charge in [-0.15, -0.1) is 0 Å². The molecule has 0 fully saturated rings. The van der Waals surface area contributed by atoms with Crippen molar-refractivity contribution in [1.82, 2.24) is 9.97 Å². The lowest BCUT2D eigenvalue weighted by Gasteiger charge is -2.06. The van der Waals surface area contributed by atoms with Crippen LogP contribution >= 0.6 is 11.3 Å². The van der Waals surface area contributed by atoms with E-state index in [-0.39, 0.29) is 5.91 Å². The number of nitrogens with one attached hydrogen (secondary N) is 2. The van der Waals surface area contributed by atoms with Crippen molar-refractivity contribution in [3.8, 4) is 10.4 Å². The molecule has 31 heavy (non-hydrogen) atoms. The van der Waals surface area contributed by atoms with E-state index in [1.54, 1.807) is 41.9 Å². The monoisotopic (exact) mass is 427 g/mol. The number of pyridine rings is 1. The molecular weight excluding hydrogens is 406 g/mol. The largest absolute Gasteiger partial charge is 0.397 e. The topological polar surface area (TPSA) is 92.9 Å². The number of benzene rings is 2. The van der Waals surface area contributed by atoms with Crippen molar-refractivity contribution in [2.45, 2.75) is 6.54 Å². The summed E-state index contributed by atoms with van der Waals surface area (Å²) in [5.41, 5.74) is 10.1. The number of para-hydroxylation sites is 2. The van der Waals surface area contributed by atoms with Crippen molar-refractivity contribution in [1.29, 1.82) is 0 Å². The van der Waals surface area contributed by atoms with E-state index in [2.05, 4.69) is 20.6 Å². The van der Waals surface area contributed by atoms with Gasteiger partial charge in [-0.25, -0.2) is 4.98 Å². The highest BCUT2D eigenvalue weighted by Gasteiger charge is 2.05. The predicted octanol–water partition coefficient (Wildman–Crippen LogP) is 5.05. The SMILES string of the molecule is Nc1ccccc1NC(=O)/C=C/c1cccc(CNc2ncc(-c3ccncc3)s2)c1. The average molecular weight is 428 g/mol. The number of thiazole rings is 1. The average Bonchev–Trinajstić information content (AvgIpc) is 3.28. The summed E-state index contributed by atoms with van der Waals surface area (Å²) in [6.07, 6.45) is 8.69. The van der Waals surface area contributed by atoms with Gasteiger partial charge in [-0.05, 0) is 53.1 Å². The van der Waals surface area contributed by atoms with Gasteiger partial charge in [-0.3, -0.25) is 9.78 Å². The van der Waals surface area contributed by atoms with Crippen molar-refractivity contribution >= 4 is 39.8 Å².